The molecule has 2 rings (SSSR count). The Labute approximate surface area is 111 Å². The second-order valence-electron chi connectivity index (χ2n) is 4.21. The van der Waals surface area contributed by atoms with Crippen molar-refractivity contribution in [1.29, 1.82) is 0 Å². The van der Waals surface area contributed by atoms with Gasteiger partial charge in [-0.3, -0.25) is 4.79 Å². The van der Waals surface area contributed by atoms with Crippen LogP contribution in [0.15, 0.2) is 42.5 Å². The second-order valence-corrected chi connectivity index (χ2v) is 4.21. The summed E-state index contributed by atoms with van der Waals surface area (Å²) < 4.78 is 13.4. The summed E-state index contributed by atoms with van der Waals surface area (Å²) in [4.78, 5) is 12.0. The summed E-state index contributed by atoms with van der Waals surface area (Å²) in [5.41, 5.74) is 2.61. The van der Waals surface area contributed by atoms with Gasteiger partial charge < -0.3 is 10.6 Å². The highest BCUT2D eigenvalue weighted by atomic mass is 19.1. The number of carbonyl (C=O) groups excluding carboxylic acids is 1. The summed E-state index contributed by atoms with van der Waals surface area (Å²) in [6, 6.07) is 11.4. The van der Waals surface area contributed by atoms with E-state index in [1.165, 1.54) is 12.1 Å². The average Bonchev–Trinajstić information content (AvgIpc) is 2.41. The third-order valence-corrected chi connectivity index (χ3v) is 2.88. The maximum absolute atomic E-state index is 13.4. The first-order chi connectivity index (χ1) is 9.11. The number of hydrogen-bond acceptors (Lipinski definition) is 2. The zero-order valence-electron chi connectivity index (χ0n) is 10.8. The molecule has 0 aliphatic heterocycles. The minimum atomic E-state index is -0.445. The highest BCUT2D eigenvalue weighted by Crippen LogP contribution is 2.18. The predicted octanol–water partition coefficient (Wildman–Crippen LogP) is 3.43. The van der Waals surface area contributed by atoms with Crippen molar-refractivity contribution in [1.82, 2.24) is 0 Å². The zero-order valence-corrected chi connectivity index (χ0v) is 10.8. The molecule has 0 bridgehead atoms. The van der Waals surface area contributed by atoms with Crippen molar-refractivity contribution in [2.45, 2.75) is 6.92 Å². The van der Waals surface area contributed by atoms with Crippen LogP contribution in [-0.2, 0) is 0 Å². The Morgan fingerprint density at radius 3 is 2.47 bits per heavy atom. The Hall–Kier alpha value is -2.36. The molecule has 0 aromatic heterocycles. The fraction of sp³-hybridized carbons (Fsp3) is 0.133. The molecule has 2 aromatic rings. The van der Waals surface area contributed by atoms with Gasteiger partial charge in [0.2, 0.25) is 0 Å². The van der Waals surface area contributed by atoms with Crippen molar-refractivity contribution in [3.05, 3.63) is 59.4 Å². The van der Waals surface area contributed by atoms with E-state index >= 15 is 0 Å². The van der Waals surface area contributed by atoms with Crippen molar-refractivity contribution >= 4 is 17.3 Å². The molecule has 0 saturated heterocycles. The van der Waals surface area contributed by atoms with E-state index in [0.29, 0.717) is 5.56 Å². The molecule has 0 aliphatic carbocycles. The molecule has 0 spiro atoms. The lowest BCUT2D eigenvalue weighted by atomic mass is 10.1. The second kappa shape index (κ2) is 5.52. The molecular formula is C15H15FN2O. The molecule has 1 amide bonds. The van der Waals surface area contributed by atoms with Gasteiger partial charge in [0.05, 0.1) is 5.69 Å². The minimum Gasteiger partial charge on any atom is -0.388 e. The predicted molar refractivity (Wildman–Crippen MR) is 75.1 cm³/mol. The average molecular weight is 258 g/mol. The fourth-order valence-electron chi connectivity index (χ4n) is 1.84. The number of aryl methyl sites for hydroxylation is 1. The number of halogens is 1. The van der Waals surface area contributed by atoms with Crippen molar-refractivity contribution < 1.29 is 9.18 Å². The maximum atomic E-state index is 13.4. The summed E-state index contributed by atoms with van der Waals surface area (Å²) in [6.45, 7) is 1.91. The number of para-hydroxylation sites is 1. The van der Waals surface area contributed by atoms with Gasteiger partial charge in [0, 0.05) is 18.3 Å². The van der Waals surface area contributed by atoms with Crippen molar-refractivity contribution in [2.75, 3.05) is 17.7 Å². The van der Waals surface area contributed by atoms with E-state index in [1.54, 1.807) is 24.3 Å². The van der Waals surface area contributed by atoms with Crippen molar-refractivity contribution in [3.63, 3.8) is 0 Å². The molecule has 0 radical (unpaired) electrons. The quantitative estimate of drug-likeness (QED) is 0.885. The van der Waals surface area contributed by atoms with Crippen LogP contribution in [0.5, 0.6) is 0 Å². The summed E-state index contributed by atoms with van der Waals surface area (Å²) in [7, 11) is 1.82. The van der Waals surface area contributed by atoms with Crippen LogP contribution in [0.25, 0.3) is 0 Å². The summed E-state index contributed by atoms with van der Waals surface area (Å²) in [5.74, 6) is -0.768. The molecule has 0 unspecified atom stereocenters. The number of amides is 1. The highest BCUT2D eigenvalue weighted by Gasteiger charge is 2.09. The number of hydrogen-bond donors (Lipinski definition) is 2. The Morgan fingerprint density at radius 1 is 1.11 bits per heavy atom. The van der Waals surface area contributed by atoms with E-state index in [1.807, 2.05) is 20.0 Å². The SMILES string of the molecule is CNc1ccc(C(=O)Nc2ccccc2F)cc1C. The maximum Gasteiger partial charge on any atom is 0.255 e. The molecule has 3 nitrogen and oxygen atoms in total. The number of carbonyl (C=O) groups is 1. The lowest BCUT2D eigenvalue weighted by molar-refractivity contribution is 0.102. The standard InChI is InChI=1S/C15H15FN2O/c1-10-9-11(7-8-13(10)17-2)15(19)18-14-6-4-3-5-12(14)16/h3-9,17H,1-2H3,(H,18,19). The Bertz CT molecular complexity index is 611. The van der Waals surface area contributed by atoms with Crippen LogP contribution in [0.3, 0.4) is 0 Å². The zero-order chi connectivity index (χ0) is 13.8. The van der Waals surface area contributed by atoms with Gasteiger partial charge in [0.25, 0.3) is 5.91 Å². The number of benzene rings is 2. The molecule has 19 heavy (non-hydrogen) atoms. The van der Waals surface area contributed by atoms with Crippen LogP contribution in [0.2, 0.25) is 0 Å². The Morgan fingerprint density at radius 2 is 1.84 bits per heavy atom. The van der Waals surface area contributed by atoms with Gasteiger partial charge in [-0.2, -0.15) is 0 Å². The Kier molecular flexibility index (Phi) is 3.80. The van der Waals surface area contributed by atoms with Crippen LogP contribution >= 0.6 is 0 Å². The van der Waals surface area contributed by atoms with E-state index in [4.69, 9.17) is 0 Å². The van der Waals surface area contributed by atoms with E-state index in [2.05, 4.69) is 10.6 Å². The summed E-state index contributed by atoms with van der Waals surface area (Å²) in [5, 5.41) is 5.59. The van der Waals surface area contributed by atoms with Gasteiger partial charge >= 0.3 is 0 Å². The first kappa shape index (κ1) is 13.1. The Balaban J connectivity index is 2.21. The topological polar surface area (TPSA) is 41.1 Å². The minimum absolute atomic E-state index is 0.183. The fourth-order valence-corrected chi connectivity index (χ4v) is 1.84. The first-order valence-electron chi connectivity index (χ1n) is 5.96. The molecule has 0 fully saturated rings. The van der Waals surface area contributed by atoms with E-state index < -0.39 is 5.82 Å². The van der Waals surface area contributed by atoms with Crippen molar-refractivity contribution in [3.8, 4) is 0 Å². The van der Waals surface area contributed by atoms with Crippen LogP contribution in [0, 0.1) is 12.7 Å². The summed E-state index contributed by atoms with van der Waals surface area (Å²) >= 11 is 0. The van der Waals surface area contributed by atoms with Crippen LogP contribution < -0.4 is 10.6 Å². The first-order valence-corrected chi connectivity index (χ1v) is 5.96. The van der Waals surface area contributed by atoms with Gasteiger partial charge in [0.1, 0.15) is 5.82 Å². The largest absolute Gasteiger partial charge is 0.388 e. The van der Waals surface area contributed by atoms with E-state index in [-0.39, 0.29) is 11.6 Å². The normalized spacial score (nSPS) is 10.1. The van der Waals surface area contributed by atoms with Gasteiger partial charge in [0.15, 0.2) is 0 Å². The molecule has 2 aromatic carbocycles. The van der Waals surface area contributed by atoms with Crippen LogP contribution in [-0.4, -0.2) is 13.0 Å². The lowest BCUT2D eigenvalue weighted by Crippen LogP contribution is -2.13. The smallest absolute Gasteiger partial charge is 0.255 e. The molecule has 0 aliphatic rings. The monoisotopic (exact) mass is 258 g/mol. The lowest BCUT2D eigenvalue weighted by Gasteiger charge is -2.09. The van der Waals surface area contributed by atoms with Gasteiger partial charge in [-0.1, -0.05) is 12.1 Å². The van der Waals surface area contributed by atoms with Gasteiger partial charge in [-0.05, 0) is 42.8 Å². The molecule has 2 N–H and O–H groups in total. The van der Waals surface area contributed by atoms with Gasteiger partial charge in [-0.15, -0.1) is 0 Å². The van der Waals surface area contributed by atoms with Crippen LogP contribution in [0.1, 0.15) is 15.9 Å². The number of rotatable bonds is 3. The molecule has 0 saturated carbocycles. The number of anilines is 2. The third kappa shape index (κ3) is 2.91. The van der Waals surface area contributed by atoms with Crippen LogP contribution in [0.4, 0.5) is 15.8 Å². The third-order valence-electron chi connectivity index (χ3n) is 2.88. The highest BCUT2D eigenvalue weighted by molar-refractivity contribution is 6.04. The molecular weight excluding hydrogens is 243 g/mol. The summed E-state index contributed by atoms with van der Waals surface area (Å²) in [6.07, 6.45) is 0. The van der Waals surface area contributed by atoms with Crippen molar-refractivity contribution in [2.24, 2.45) is 0 Å². The number of nitrogens with one attached hydrogen (secondary N) is 2. The molecule has 0 heterocycles. The van der Waals surface area contributed by atoms with E-state index in [0.717, 1.165) is 11.3 Å². The van der Waals surface area contributed by atoms with Gasteiger partial charge in [-0.25, -0.2) is 4.39 Å². The molecule has 0 atom stereocenters. The molecule has 98 valence electrons. The molecule has 4 heteroatoms. The van der Waals surface area contributed by atoms with E-state index in [9.17, 15) is 9.18 Å².